The Balaban J connectivity index is 2.03. The molecule has 0 spiro atoms. The number of carbonyl (C=O) groups is 1. The number of hydrogen-bond donors (Lipinski definition) is 1. The van der Waals surface area contributed by atoms with Crippen molar-refractivity contribution >= 4 is 34.9 Å². The maximum absolute atomic E-state index is 11.7. The van der Waals surface area contributed by atoms with Crippen molar-refractivity contribution in [3.8, 4) is 0 Å². The van der Waals surface area contributed by atoms with Crippen LogP contribution in [0.25, 0.3) is 0 Å². The molecule has 1 heterocycles. The zero-order chi connectivity index (χ0) is 13.1. The Bertz CT molecular complexity index is 581. The predicted octanol–water partition coefficient (Wildman–Crippen LogP) is 3.47. The molecule has 0 saturated heterocycles. The molecule has 0 aliphatic carbocycles. The van der Waals surface area contributed by atoms with E-state index < -0.39 is 0 Å². The molecule has 0 radical (unpaired) electrons. The van der Waals surface area contributed by atoms with E-state index >= 15 is 0 Å². The van der Waals surface area contributed by atoms with Crippen molar-refractivity contribution in [2.45, 2.75) is 13.3 Å². The molecule has 0 unspecified atom stereocenters. The van der Waals surface area contributed by atoms with Crippen molar-refractivity contribution in [3.63, 3.8) is 0 Å². The smallest absolute Gasteiger partial charge is 0.230 e. The third kappa shape index (κ3) is 3.24. The van der Waals surface area contributed by atoms with Crippen molar-refractivity contribution in [2.24, 2.45) is 0 Å². The number of hydrogen-bond acceptors (Lipinski definition) is 3. The summed E-state index contributed by atoms with van der Waals surface area (Å²) in [5.41, 5.74) is 0.707. The number of amides is 1. The van der Waals surface area contributed by atoms with E-state index in [1.807, 2.05) is 0 Å². The van der Waals surface area contributed by atoms with Crippen LogP contribution in [-0.4, -0.2) is 11.1 Å². The Morgan fingerprint density at radius 1 is 1.39 bits per heavy atom. The standard InChI is InChI=1S/C12H10Cl2N2O2/c1-7-4-11(16-18-7)15-12(17)5-8-2-3-9(13)6-10(8)14/h2-4,6H,5H2,1H3,(H,15,16,17). The van der Waals surface area contributed by atoms with Gasteiger partial charge < -0.3 is 9.84 Å². The van der Waals surface area contributed by atoms with Crippen LogP contribution < -0.4 is 5.32 Å². The molecule has 0 aliphatic rings. The molecular formula is C12H10Cl2N2O2. The van der Waals surface area contributed by atoms with E-state index in [2.05, 4.69) is 10.5 Å². The molecule has 1 N–H and O–H groups in total. The van der Waals surface area contributed by atoms with Crippen LogP contribution in [0.1, 0.15) is 11.3 Å². The monoisotopic (exact) mass is 284 g/mol. The number of aryl methyl sites for hydroxylation is 1. The number of halogens is 2. The van der Waals surface area contributed by atoms with Crippen LogP contribution in [0.3, 0.4) is 0 Å². The first-order valence-corrected chi connectivity index (χ1v) is 5.97. The van der Waals surface area contributed by atoms with E-state index in [9.17, 15) is 4.79 Å². The third-order valence-electron chi connectivity index (χ3n) is 2.26. The highest BCUT2D eigenvalue weighted by Gasteiger charge is 2.09. The van der Waals surface area contributed by atoms with Gasteiger partial charge in [-0.3, -0.25) is 4.79 Å². The number of rotatable bonds is 3. The average molecular weight is 285 g/mol. The number of carbonyl (C=O) groups excluding carboxylic acids is 1. The van der Waals surface area contributed by atoms with E-state index in [0.29, 0.717) is 27.2 Å². The van der Waals surface area contributed by atoms with Crippen molar-refractivity contribution in [2.75, 3.05) is 5.32 Å². The molecule has 0 aliphatic heterocycles. The number of benzene rings is 1. The van der Waals surface area contributed by atoms with Gasteiger partial charge in [0.05, 0.1) is 6.42 Å². The summed E-state index contributed by atoms with van der Waals surface area (Å²) < 4.78 is 4.85. The molecule has 2 aromatic rings. The third-order valence-corrected chi connectivity index (χ3v) is 2.85. The molecule has 2 rings (SSSR count). The molecule has 0 bridgehead atoms. The number of aromatic nitrogens is 1. The van der Waals surface area contributed by atoms with Crippen LogP contribution in [0.15, 0.2) is 28.8 Å². The molecule has 0 saturated carbocycles. The lowest BCUT2D eigenvalue weighted by Gasteiger charge is -2.04. The van der Waals surface area contributed by atoms with Gasteiger partial charge in [-0.15, -0.1) is 0 Å². The topological polar surface area (TPSA) is 55.1 Å². The van der Waals surface area contributed by atoms with Gasteiger partial charge in [0.1, 0.15) is 5.76 Å². The lowest BCUT2D eigenvalue weighted by molar-refractivity contribution is -0.115. The van der Waals surface area contributed by atoms with E-state index in [4.69, 9.17) is 27.7 Å². The van der Waals surface area contributed by atoms with E-state index in [-0.39, 0.29) is 12.3 Å². The molecular weight excluding hydrogens is 275 g/mol. The summed E-state index contributed by atoms with van der Waals surface area (Å²) in [7, 11) is 0. The Labute approximate surface area is 114 Å². The van der Waals surface area contributed by atoms with Gasteiger partial charge >= 0.3 is 0 Å². The van der Waals surface area contributed by atoms with Gasteiger partial charge in [0.2, 0.25) is 5.91 Å². The van der Waals surface area contributed by atoms with Crippen molar-refractivity contribution < 1.29 is 9.32 Å². The Morgan fingerprint density at radius 2 is 2.17 bits per heavy atom. The van der Waals surface area contributed by atoms with Crippen LogP contribution in [0, 0.1) is 6.92 Å². The lowest BCUT2D eigenvalue weighted by atomic mass is 10.1. The highest BCUT2D eigenvalue weighted by Crippen LogP contribution is 2.21. The fourth-order valence-electron chi connectivity index (χ4n) is 1.45. The molecule has 1 aromatic heterocycles. The minimum Gasteiger partial charge on any atom is -0.360 e. The van der Waals surface area contributed by atoms with Gasteiger partial charge in [-0.1, -0.05) is 34.4 Å². The maximum atomic E-state index is 11.7. The molecule has 1 aromatic carbocycles. The minimum absolute atomic E-state index is 0.155. The largest absolute Gasteiger partial charge is 0.360 e. The second-order valence-corrected chi connectivity index (χ2v) is 4.63. The molecule has 4 nitrogen and oxygen atoms in total. The number of nitrogens with one attached hydrogen (secondary N) is 1. The maximum Gasteiger partial charge on any atom is 0.230 e. The molecule has 0 atom stereocenters. The van der Waals surface area contributed by atoms with Crippen molar-refractivity contribution in [3.05, 3.63) is 45.6 Å². The molecule has 94 valence electrons. The quantitative estimate of drug-likeness (QED) is 0.939. The van der Waals surface area contributed by atoms with Crippen LogP contribution in [0.2, 0.25) is 10.0 Å². The number of anilines is 1. The fraction of sp³-hybridized carbons (Fsp3) is 0.167. The molecule has 18 heavy (non-hydrogen) atoms. The highest BCUT2D eigenvalue weighted by atomic mass is 35.5. The number of nitrogens with zero attached hydrogens (tertiary/aromatic N) is 1. The van der Waals surface area contributed by atoms with Gasteiger partial charge in [-0.25, -0.2) is 0 Å². The normalized spacial score (nSPS) is 10.4. The SMILES string of the molecule is Cc1cc(NC(=O)Cc2ccc(Cl)cc2Cl)no1. The predicted molar refractivity (Wildman–Crippen MR) is 70.0 cm³/mol. The zero-order valence-electron chi connectivity index (χ0n) is 9.54. The van der Waals surface area contributed by atoms with E-state index in [0.717, 1.165) is 0 Å². The Hall–Kier alpha value is -1.52. The van der Waals surface area contributed by atoms with Crippen LogP contribution in [0.5, 0.6) is 0 Å². The van der Waals surface area contributed by atoms with Crippen LogP contribution >= 0.6 is 23.2 Å². The molecule has 6 heteroatoms. The van der Waals surface area contributed by atoms with Crippen molar-refractivity contribution in [1.29, 1.82) is 0 Å². The van der Waals surface area contributed by atoms with Crippen LogP contribution in [0.4, 0.5) is 5.82 Å². The second kappa shape index (κ2) is 5.42. The summed E-state index contributed by atoms with van der Waals surface area (Å²) in [6.07, 6.45) is 0.155. The minimum atomic E-state index is -0.215. The Kier molecular flexibility index (Phi) is 3.89. The summed E-state index contributed by atoms with van der Waals surface area (Å²) in [5, 5.41) is 7.30. The van der Waals surface area contributed by atoms with E-state index in [1.54, 1.807) is 31.2 Å². The first-order valence-electron chi connectivity index (χ1n) is 5.21. The lowest BCUT2D eigenvalue weighted by Crippen LogP contribution is -2.14. The van der Waals surface area contributed by atoms with Crippen molar-refractivity contribution in [1.82, 2.24) is 5.16 Å². The molecule has 0 fully saturated rings. The summed E-state index contributed by atoms with van der Waals surface area (Å²) in [5.74, 6) is 0.810. The van der Waals surface area contributed by atoms with Gasteiger partial charge in [-0.05, 0) is 24.6 Å². The van der Waals surface area contributed by atoms with Gasteiger partial charge in [-0.2, -0.15) is 0 Å². The van der Waals surface area contributed by atoms with Gasteiger partial charge in [0.15, 0.2) is 5.82 Å². The first-order chi connectivity index (χ1) is 8.54. The van der Waals surface area contributed by atoms with E-state index in [1.165, 1.54) is 0 Å². The van der Waals surface area contributed by atoms with Crippen LogP contribution in [-0.2, 0) is 11.2 Å². The molecule has 1 amide bonds. The van der Waals surface area contributed by atoms with Gasteiger partial charge in [0, 0.05) is 16.1 Å². The average Bonchev–Trinajstić information content (AvgIpc) is 2.68. The summed E-state index contributed by atoms with van der Waals surface area (Å²) in [6.45, 7) is 1.75. The summed E-state index contributed by atoms with van der Waals surface area (Å²) in [6, 6.07) is 6.65. The first kappa shape index (κ1) is 12.9. The van der Waals surface area contributed by atoms with Gasteiger partial charge in [0.25, 0.3) is 0 Å². The summed E-state index contributed by atoms with van der Waals surface area (Å²) in [4.78, 5) is 11.7. The zero-order valence-corrected chi connectivity index (χ0v) is 11.0. The Morgan fingerprint density at radius 3 is 2.78 bits per heavy atom. The highest BCUT2D eigenvalue weighted by molar-refractivity contribution is 6.35. The second-order valence-electron chi connectivity index (χ2n) is 3.78. The summed E-state index contributed by atoms with van der Waals surface area (Å²) >= 11 is 11.8. The fourth-order valence-corrected chi connectivity index (χ4v) is 1.93.